The van der Waals surface area contributed by atoms with Gasteiger partial charge in [0.25, 0.3) is 5.91 Å². The van der Waals surface area contributed by atoms with Crippen LogP contribution in [0, 0.1) is 6.92 Å². The molecule has 0 saturated heterocycles. The molecule has 1 aliphatic rings. The molecule has 0 aliphatic carbocycles. The highest BCUT2D eigenvalue weighted by molar-refractivity contribution is 6.31. The molecule has 3 rings (SSSR count). The number of nitrogens with zero attached hydrogens (tertiary/aromatic N) is 1. The van der Waals surface area contributed by atoms with E-state index in [0.29, 0.717) is 22.1 Å². The van der Waals surface area contributed by atoms with Crippen LogP contribution in [0.15, 0.2) is 42.5 Å². The molecule has 0 spiro atoms. The Hall–Kier alpha value is -3.06. The Morgan fingerprint density at radius 2 is 1.89 bits per heavy atom. The summed E-state index contributed by atoms with van der Waals surface area (Å²) in [7, 11) is 0. The monoisotopic (exact) mass is 401 g/mol. The van der Waals surface area contributed by atoms with Crippen LogP contribution in [0.4, 0.5) is 11.4 Å². The molecular weight excluding hydrogens is 382 g/mol. The van der Waals surface area contributed by atoms with E-state index in [9.17, 15) is 14.4 Å². The number of fused-ring (bicyclic) bond motifs is 1. The maximum Gasteiger partial charge on any atom is 0.268 e. The first-order valence-electron chi connectivity index (χ1n) is 8.75. The van der Waals surface area contributed by atoms with Crippen LogP contribution >= 0.6 is 11.6 Å². The lowest BCUT2D eigenvalue weighted by atomic mass is 10.2. The standard InChI is InChI=1S/C20H20ClN3O4/c1-12-14(21)6-5-7-15(12)23-18(25)10-22-19(26)11-24-16-8-3-4-9-17(16)28-13(2)20(24)27/h3-9,13H,10-11H2,1-2H3,(H,22,26)(H,23,25)/t13-/m0/s1. The molecule has 0 radical (unpaired) electrons. The quantitative estimate of drug-likeness (QED) is 0.805. The number of carbonyl (C=O) groups excluding carboxylic acids is 3. The van der Waals surface area contributed by atoms with Crippen LogP contribution in [-0.4, -0.2) is 36.9 Å². The van der Waals surface area contributed by atoms with E-state index in [-0.39, 0.29) is 24.9 Å². The Labute approximate surface area is 167 Å². The summed E-state index contributed by atoms with van der Waals surface area (Å²) in [4.78, 5) is 38.2. The van der Waals surface area contributed by atoms with Gasteiger partial charge in [0.2, 0.25) is 11.8 Å². The number of carbonyl (C=O) groups is 3. The third kappa shape index (κ3) is 4.26. The van der Waals surface area contributed by atoms with Gasteiger partial charge in [0.15, 0.2) is 6.10 Å². The number of hydrogen-bond acceptors (Lipinski definition) is 4. The van der Waals surface area contributed by atoms with Crippen molar-refractivity contribution in [3.8, 4) is 5.75 Å². The van der Waals surface area contributed by atoms with E-state index in [0.717, 1.165) is 5.56 Å². The van der Waals surface area contributed by atoms with Crippen molar-refractivity contribution in [2.45, 2.75) is 20.0 Å². The minimum absolute atomic E-state index is 0.201. The molecule has 28 heavy (non-hydrogen) atoms. The smallest absolute Gasteiger partial charge is 0.268 e. The Kier molecular flexibility index (Phi) is 5.84. The minimum Gasteiger partial charge on any atom is -0.479 e. The molecule has 1 aliphatic heterocycles. The lowest BCUT2D eigenvalue weighted by molar-refractivity contribution is -0.128. The third-order valence-corrected chi connectivity index (χ3v) is 4.77. The van der Waals surface area contributed by atoms with Gasteiger partial charge < -0.3 is 15.4 Å². The third-order valence-electron chi connectivity index (χ3n) is 4.36. The van der Waals surface area contributed by atoms with Crippen molar-refractivity contribution in [1.82, 2.24) is 5.32 Å². The fourth-order valence-electron chi connectivity index (χ4n) is 2.84. The highest BCUT2D eigenvalue weighted by Gasteiger charge is 2.32. The highest BCUT2D eigenvalue weighted by atomic mass is 35.5. The molecule has 1 heterocycles. The largest absolute Gasteiger partial charge is 0.479 e. The number of hydrogen-bond donors (Lipinski definition) is 2. The molecule has 146 valence electrons. The van der Waals surface area contributed by atoms with Gasteiger partial charge in [-0.25, -0.2) is 0 Å². The van der Waals surface area contributed by atoms with Crippen LogP contribution in [0.25, 0.3) is 0 Å². The number of nitrogens with one attached hydrogen (secondary N) is 2. The van der Waals surface area contributed by atoms with Gasteiger partial charge in [-0.3, -0.25) is 19.3 Å². The van der Waals surface area contributed by atoms with Gasteiger partial charge in [-0.15, -0.1) is 0 Å². The average Bonchev–Trinajstić information content (AvgIpc) is 2.67. The maximum absolute atomic E-state index is 12.4. The Morgan fingerprint density at radius 3 is 2.68 bits per heavy atom. The van der Waals surface area contributed by atoms with Crippen LogP contribution in [0.1, 0.15) is 12.5 Å². The molecule has 0 aromatic heterocycles. The molecule has 0 unspecified atom stereocenters. The first-order valence-corrected chi connectivity index (χ1v) is 9.13. The Balaban J connectivity index is 1.59. The van der Waals surface area contributed by atoms with E-state index in [1.807, 2.05) is 0 Å². The topological polar surface area (TPSA) is 87.7 Å². The summed E-state index contributed by atoms with van der Waals surface area (Å²) in [6.07, 6.45) is -0.684. The van der Waals surface area contributed by atoms with E-state index in [1.54, 1.807) is 56.3 Å². The SMILES string of the molecule is Cc1c(Cl)cccc1NC(=O)CNC(=O)CN1C(=O)[C@H](C)Oc2ccccc21. The normalized spacial score (nSPS) is 15.5. The van der Waals surface area contributed by atoms with Gasteiger partial charge in [0.1, 0.15) is 12.3 Å². The van der Waals surface area contributed by atoms with Crippen LogP contribution in [0.2, 0.25) is 5.02 Å². The first kappa shape index (κ1) is 19.7. The van der Waals surface area contributed by atoms with Gasteiger partial charge in [0, 0.05) is 10.7 Å². The van der Waals surface area contributed by atoms with Crippen molar-refractivity contribution >= 4 is 40.7 Å². The zero-order valence-corrected chi connectivity index (χ0v) is 16.2. The van der Waals surface area contributed by atoms with Crippen molar-refractivity contribution in [3.63, 3.8) is 0 Å². The number of anilines is 2. The van der Waals surface area contributed by atoms with Crippen molar-refractivity contribution < 1.29 is 19.1 Å². The second kappa shape index (κ2) is 8.31. The zero-order chi connectivity index (χ0) is 20.3. The maximum atomic E-state index is 12.4. The number of benzene rings is 2. The van der Waals surface area contributed by atoms with E-state index in [4.69, 9.17) is 16.3 Å². The summed E-state index contributed by atoms with van der Waals surface area (Å²) in [6, 6.07) is 12.2. The molecule has 3 amide bonds. The second-order valence-electron chi connectivity index (χ2n) is 6.39. The van der Waals surface area contributed by atoms with Crippen LogP contribution < -0.4 is 20.3 Å². The number of rotatable bonds is 5. The summed E-state index contributed by atoms with van der Waals surface area (Å²) in [5.41, 5.74) is 1.85. The van der Waals surface area contributed by atoms with Gasteiger partial charge >= 0.3 is 0 Å². The molecule has 0 bridgehead atoms. The molecule has 1 atom stereocenters. The van der Waals surface area contributed by atoms with Crippen LogP contribution in [-0.2, 0) is 14.4 Å². The van der Waals surface area contributed by atoms with E-state index in [2.05, 4.69) is 10.6 Å². The molecule has 0 fully saturated rings. The Bertz CT molecular complexity index is 931. The summed E-state index contributed by atoms with van der Waals surface area (Å²) < 4.78 is 5.54. The summed E-state index contributed by atoms with van der Waals surface area (Å²) in [5.74, 6) is -0.611. The number of halogens is 1. The predicted molar refractivity (Wildman–Crippen MR) is 107 cm³/mol. The van der Waals surface area contributed by atoms with E-state index < -0.39 is 12.0 Å². The molecule has 2 aromatic carbocycles. The summed E-state index contributed by atoms with van der Waals surface area (Å²) >= 11 is 6.03. The second-order valence-corrected chi connectivity index (χ2v) is 6.80. The van der Waals surface area contributed by atoms with E-state index in [1.165, 1.54) is 4.90 Å². The number of amides is 3. The lowest BCUT2D eigenvalue weighted by Gasteiger charge is -2.32. The van der Waals surface area contributed by atoms with Gasteiger partial charge in [-0.1, -0.05) is 29.8 Å². The molecule has 7 nitrogen and oxygen atoms in total. The van der Waals surface area contributed by atoms with Crippen molar-refractivity contribution in [3.05, 3.63) is 53.1 Å². The first-order chi connectivity index (χ1) is 13.4. The molecule has 8 heteroatoms. The number of para-hydroxylation sites is 2. The molecule has 2 aromatic rings. The van der Waals surface area contributed by atoms with Crippen molar-refractivity contribution in [2.24, 2.45) is 0 Å². The zero-order valence-electron chi connectivity index (χ0n) is 15.5. The van der Waals surface area contributed by atoms with E-state index >= 15 is 0 Å². The van der Waals surface area contributed by atoms with Crippen LogP contribution in [0.5, 0.6) is 5.75 Å². The fourth-order valence-corrected chi connectivity index (χ4v) is 3.01. The molecule has 0 saturated carbocycles. The summed E-state index contributed by atoms with van der Waals surface area (Å²) in [5, 5.41) is 5.78. The number of ether oxygens (including phenoxy) is 1. The summed E-state index contributed by atoms with van der Waals surface area (Å²) in [6.45, 7) is 3.00. The fraction of sp³-hybridized carbons (Fsp3) is 0.250. The predicted octanol–water partition coefficient (Wildman–Crippen LogP) is 2.52. The van der Waals surface area contributed by atoms with Crippen molar-refractivity contribution in [2.75, 3.05) is 23.3 Å². The van der Waals surface area contributed by atoms with Crippen LogP contribution in [0.3, 0.4) is 0 Å². The van der Waals surface area contributed by atoms with Gasteiger partial charge in [0.05, 0.1) is 12.2 Å². The lowest BCUT2D eigenvalue weighted by Crippen LogP contribution is -2.49. The molecule has 2 N–H and O–H groups in total. The minimum atomic E-state index is -0.684. The molecular formula is C20H20ClN3O4. The van der Waals surface area contributed by atoms with Crippen molar-refractivity contribution in [1.29, 1.82) is 0 Å². The van der Waals surface area contributed by atoms with Gasteiger partial charge in [-0.05, 0) is 43.7 Å². The van der Waals surface area contributed by atoms with Gasteiger partial charge in [-0.2, -0.15) is 0 Å². The Morgan fingerprint density at radius 1 is 1.14 bits per heavy atom. The average molecular weight is 402 g/mol. The highest BCUT2D eigenvalue weighted by Crippen LogP contribution is 2.33.